The van der Waals surface area contributed by atoms with Crippen LogP contribution in [-0.4, -0.2) is 12.3 Å². The highest BCUT2D eigenvalue weighted by molar-refractivity contribution is 5.98. The van der Waals surface area contributed by atoms with Crippen molar-refractivity contribution in [3.8, 4) is 0 Å². The van der Waals surface area contributed by atoms with E-state index >= 15 is 0 Å². The monoisotopic (exact) mass is 133 g/mol. The number of dihydropyridines is 1. The highest BCUT2D eigenvalue weighted by atomic mass is 14.7. The number of fused-ring (bicyclic) bond motifs is 1. The quantitative estimate of drug-likeness (QED) is 0.442. The molecule has 0 bridgehead atoms. The lowest BCUT2D eigenvalue weighted by Gasteiger charge is -2.10. The van der Waals surface area contributed by atoms with Gasteiger partial charge in [-0.05, 0) is 18.9 Å². The molecule has 1 nitrogen and oxygen atoms in total. The molecule has 0 saturated heterocycles. The van der Waals surface area contributed by atoms with Crippen LogP contribution in [0.2, 0.25) is 0 Å². The minimum atomic E-state index is 0.638. The number of rotatable bonds is 0. The topological polar surface area (TPSA) is 14.1 Å². The first-order valence-corrected chi connectivity index (χ1v) is 3.84. The SMILES string of the molecule is C1=CC2=[N+]CC=CC2CC1. The number of allylic oxidation sites excluding steroid dienone is 3. The third-order valence-electron chi connectivity index (χ3n) is 2.06. The maximum Gasteiger partial charge on any atom is 0.253 e. The summed E-state index contributed by atoms with van der Waals surface area (Å²) in [5, 5.41) is 0. The van der Waals surface area contributed by atoms with Crippen molar-refractivity contribution in [3.05, 3.63) is 24.3 Å². The Balaban J connectivity index is 2.26. The van der Waals surface area contributed by atoms with Crippen LogP contribution in [0.3, 0.4) is 0 Å². The zero-order valence-electron chi connectivity index (χ0n) is 5.96. The molecule has 1 aliphatic carbocycles. The third kappa shape index (κ3) is 0.919. The first-order valence-electron chi connectivity index (χ1n) is 3.84. The largest absolute Gasteiger partial charge is 0.253 e. The average molecular weight is 133 g/mol. The molecule has 51 valence electrons. The van der Waals surface area contributed by atoms with Gasteiger partial charge in [0.25, 0.3) is 5.71 Å². The maximum absolute atomic E-state index is 4.39. The van der Waals surface area contributed by atoms with Gasteiger partial charge < -0.3 is 0 Å². The molecule has 0 aromatic carbocycles. The zero-order valence-corrected chi connectivity index (χ0v) is 5.96. The van der Waals surface area contributed by atoms with Gasteiger partial charge in [0.05, 0.1) is 5.92 Å². The molecule has 0 amide bonds. The molecule has 0 saturated carbocycles. The smallest absolute Gasteiger partial charge is 0.0780 e. The van der Waals surface area contributed by atoms with Crippen LogP contribution in [0.25, 0.3) is 0 Å². The van der Waals surface area contributed by atoms with Gasteiger partial charge in [0, 0.05) is 11.1 Å². The molecule has 0 N–H and O–H groups in total. The van der Waals surface area contributed by atoms with Crippen LogP contribution >= 0.6 is 0 Å². The van der Waals surface area contributed by atoms with Crippen LogP contribution in [-0.2, 0) is 0 Å². The van der Waals surface area contributed by atoms with E-state index in [9.17, 15) is 0 Å². The number of hydrogen-bond donors (Lipinski definition) is 0. The molecule has 1 radical (unpaired) electrons. The standard InChI is InChI=1S/C9H11N/c1-2-6-9-8(4-1)5-3-7-10-9/h2-3,5-6,8H,1,4,7H2/q+1. The lowest BCUT2D eigenvalue weighted by Crippen LogP contribution is -2.22. The molecule has 1 heteroatoms. The van der Waals surface area contributed by atoms with E-state index in [1.54, 1.807) is 0 Å². The Labute approximate surface area is 61.2 Å². The minimum Gasteiger partial charge on any atom is -0.0780 e. The molecule has 1 aliphatic heterocycles. The third-order valence-corrected chi connectivity index (χ3v) is 2.06. The van der Waals surface area contributed by atoms with E-state index in [-0.39, 0.29) is 0 Å². The summed E-state index contributed by atoms with van der Waals surface area (Å²) in [5.41, 5.74) is 1.29. The molecule has 1 unspecified atom stereocenters. The lowest BCUT2D eigenvalue weighted by molar-refractivity contribution is 0.723. The van der Waals surface area contributed by atoms with Crippen LogP contribution in [0.4, 0.5) is 0 Å². The van der Waals surface area contributed by atoms with Crippen molar-refractivity contribution in [1.82, 2.24) is 4.99 Å². The van der Waals surface area contributed by atoms with Crippen molar-refractivity contribution < 1.29 is 0 Å². The normalized spacial score (nSPS) is 29.6. The van der Waals surface area contributed by atoms with E-state index in [4.69, 9.17) is 0 Å². The van der Waals surface area contributed by atoms with Crippen LogP contribution < -0.4 is 4.99 Å². The maximum atomic E-state index is 4.39. The van der Waals surface area contributed by atoms with Gasteiger partial charge in [-0.3, -0.25) is 0 Å². The summed E-state index contributed by atoms with van der Waals surface area (Å²) in [5.74, 6) is 0.638. The van der Waals surface area contributed by atoms with Crippen molar-refractivity contribution in [3.63, 3.8) is 0 Å². The van der Waals surface area contributed by atoms with E-state index in [0.29, 0.717) is 5.92 Å². The minimum absolute atomic E-state index is 0.638. The van der Waals surface area contributed by atoms with Gasteiger partial charge in [0.2, 0.25) is 6.54 Å². The molecule has 0 fully saturated rings. The van der Waals surface area contributed by atoms with Gasteiger partial charge in [0.1, 0.15) is 0 Å². The molecule has 0 aromatic rings. The van der Waals surface area contributed by atoms with Crippen molar-refractivity contribution in [2.75, 3.05) is 6.54 Å². The summed E-state index contributed by atoms with van der Waals surface area (Å²) < 4.78 is 0. The van der Waals surface area contributed by atoms with Crippen LogP contribution in [0.5, 0.6) is 0 Å². The fraction of sp³-hybridized carbons (Fsp3) is 0.444. The Bertz CT molecular complexity index is 211. The van der Waals surface area contributed by atoms with Crippen LogP contribution in [0.15, 0.2) is 24.3 Å². The highest BCUT2D eigenvalue weighted by Crippen LogP contribution is 2.17. The van der Waals surface area contributed by atoms with Crippen molar-refractivity contribution in [1.29, 1.82) is 0 Å². The Morgan fingerprint density at radius 2 is 2.40 bits per heavy atom. The second-order valence-corrected chi connectivity index (χ2v) is 2.78. The van der Waals surface area contributed by atoms with Crippen LogP contribution in [0.1, 0.15) is 12.8 Å². The van der Waals surface area contributed by atoms with Crippen molar-refractivity contribution in [2.24, 2.45) is 5.92 Å². The predicted molar refractivity (Wildman–Crippen MR) is 43.0 cm³/mol. The first-order chi connectivity index (χ1) is 4.97. The Hall–Kier alpha value is -0.850. The fourth-order valence-corrected chi connectivity index (χ4v) is 1.50. The summed E-state index contributed by atoms with van der Waals surface area (Å²) in [4.78, 5) is 4.39. The molecule has 2 aliphatic rings. The Morgan fingerprint density at radius 1 is 1.40 bits per heavy atom. The van der Waals surface area contributed by atoms with Crippen molar-refractivity contribution in [2.45, 2.75) is 12.8 Å². The molecule has 2 rings (SSSR count). The van der Waals surface area contributed by atoms with E-state index in [2.05, 4.69) is 29.3 Å². The van der Waals surface area contributed by atoms with E-state index in [0.717, 1.165) is 6.54 Å². The van der Waals surface area contributed by atoms with E-state index in [1.165, 1.54) is 18.6 Å². The molecule has 1 atom stereocenters. The summed E-state index contributed by atoms with van der Waals surface area (Å²) in [6.45, 7) is 0.885. The Kier molecular flexibility index (Phi) is 1.42. The van der Waals surface area contributed by atoms with Gasteiger partial charge in [0.15, 0.2) is 0 Å². The predicted octanol–water partition coefficient (Wildman–Crippen LogP) is 1.30. The number of aliphatic imine (C=N–C) groups is 1. The summed E-state index contributed by atoms with van der Waals surface area (Å²) in [7, 11) is 0. The summed E-state index contributed by atoms with van der Waals surface area (Å²) in [6.07, 6.45) is 11.3. The molecule has 0 spiro atoms. The van der Waals surface area contributed by atoms with Crippen molar-refractivity contribution >= 4 is 5.71 Å². The van der Waals surface area contributed by atoms with Gasteiger partial charge in [-0.2, -0.15) is 0 Å². The van der Waals surface area contributed by atoms with Crippen LogP contribution in [0, 0.1) is 5.92 Å². The van der Waals surface area contributed by atoms with Gasteiger partial charge in [-0.25, -0.2) is 0 Å². The molecule has 1 heterocycles. The lowest BCUT2D eigenvalue weighted by atomic mass is 9.91. The fourth-order valence-electron chi connectivity index (χ4n) is 1.50. The second kappa shape index (κ2) is 2.41. The number of hydrogen-bond acceptors (Lipinski definition) is 1. The average Bonchev–Trinajstić information content (AvgIpc) is 2.05. The molecule has 0 aromatic heterocycles. The van der Waals surface area contributed by atoms with E-state index < -0.39 is 0 Å². The number of nitrogens with zero attached hydrogens (tertiary/aromatic N) is 1. The molecular formula is C9H11N+. The van der Waals surface area contributed by atoms with E-state index in [1.807, 2.05) is 0 Å². The first kappa shape index (κ1) is 5.90. The van der Waals surface area contributed by atoms with Gasteiger partial charge in [-0.1, -0.05) is 12.2 Å². The van der Waals surface area contributed by atoms with Gasteiger partial charge >= 0.3 is 0 Å². The summed E-state index contributed by atoms with van der Waals surface area (Å²) in [6, 6.07) is 0. The molecular weight excluding hydrogens is 122 g/mol. The van der Waals surface area contributed by atoms with Gasteiger partial charge in [-0.15, -0.1) is 0 Å². The highest BCUT2D eigenvalue weighted by Gasteiger charge is 2.23. The second-order valence-electron chi connectivity index (χ2n) is 2.78. The Morgan fingerprint density at radius 3 is 3.30 bits per heavy atom. The zero-order chi connectivity index (χ0) is 6.81. The summed E-state index contributed by atoms with van der Waals surface area (Å²) >= 11 is 0. The molecule has 10 heavy (non-hydrogen) atoms.